The maximum atomic E-state index is 6.44. The van der Waals surface area contributed by atoms with Gasteiger partial charge >= 0.3 is 253 Å². The zero-order valence-corrected chi connectivity index (χ0v) is 26.9. The Labute approximate surface area is 251 Å². The van der Waals surface area contributed by atoms with Crippen LogP contribution in [-0.4, -0.2) is 0 Å². The molecule has 0 fully saturated rings. The molecule has 198 valence electrons. The van der Waals surface area contributed by atoms with Gasteiger partial charge in [-0.15, -0.1) is 0 Å². The molecule has 0 N–H and O–H groups in total. The van der Waals surface area contributed by atoms with Crippen LogP contribution in [0.5, 0.6) is 0 Å². The minimum atomic E-state index is -1.52. The Morgan fingerprint density at radius 3 is 1.44 bits per heavy atom. The molecule has 0 aliphatic heterocycles. The first kappa shape index (κ1) is 25.1. The van der Waals surface area contributed by atoms with Gasteiger partial charge in [-0.3, -0.25) is 0 Å². The molecule has 8 rings (SSSR count). The predicted octanol–water partition coefficient (Wildman–Crippen LogP) is 10.3. The summed E-state index contributed by atoms with van der Waals surface area (Å²) in [5.41, 5.74) is 8.41. The fourth-order valence-corrected chi connectivity index (χ4v) is 13.9. The van der Waals surface area contributed by atoms with E-state index in [0.717, 1.165) is 35.9 Å². The molecule has 2 heterocycles. The Hall–Kier alpha value is -3.69. The van der Waals surface area contributed by atoms with Gasteiger partial charge in [-0.25, -0.2) is 0 Å². The van der Waals surface area contributed by atoms with Crippen molar-refractivity contribution in [1.82, 2.24) is 0 Å². The molecule has 0 radical (unpaired) electrons. The molecule has 0 saturated carbocycles. The molecular formula is C38H30HfO2. The van der Waals surface area contributed by atoms with Crippen LogP contribution >= 0.6 is 0 Å². The molecule has 0 amide bonds. The number of aryl methyl sites for hydroxylation is 2. The third-order valence-corrected chi connectivity index (χ3v) is 15.6. The standard InChI is InChI=1S/2C19H15O.Hf/c2*1-2-16-9-10-19(20-16)15-11-14-8-7-13-5-3-4-6-17(13)18(14)12-15;/h2*3-12H,2H2,1H3;. The topological polar surface area (TPSA) is 26.3 Å². The number of allylic oxidation sites excluding steroid dienone is 2. The molecule has 6 aromatic rings. The summed E-state index contributed by atoms with van der Waals surface area (Å²) in [4.78, 5) is 0. The second-order valence-corrected chi connectivity index (χ2v) is 16.4. The predicted molar refractivity (Wildman–Crippen MR) is 165 cm³/mol. The van der Waals surface area contributed by atoms with Gasteiger partial charge in [0, 0.05) is 0 Å². The number of rotatable bonds is 6. The SMILES string of the molecule is CCc1ccc(C2=Cc3c(ccc4ccccc34)[CH]2[Hf][CH]2C(c3ccc(CC)o3)=Cc3c2ccc2ccccc32)o1. The van der Waals surface area contributed by atoms with E-state index in [1.165, 1.54) is 54.9 Å². The van der Waals surface area contributed by atoms with Crippen LogP contribution in [0.2, 0.25) is 0 Å². The van der Waals surface area contributed by atoms with Crippen molar-refractivity contribution in [3.05, 3.63) is 142 Å². The van der Waals surface area contributed by atoms with E-state index in [1.54, 1.807) is 0 Å². The van der Waals surface area contributed by atoms with Crippen LogP contribution in [0.4, 0.5) is 0 Å². The molecular weight excluding hydrogens is 667 g/mol. The summed E-state index contributed by atoms with van der Waals surface area (Å²) in [6.07, 6.45) is 6.69. The van der Waals surface area contributed by atoms with Gasteiger partial charge in [0.15, 0.2) is 0 Å². The summed E-state index contributed by atoms with van der Waals surface area (Å²) in [7, 11) is 0. The van der Waals surface area contributed by atoms with Crippen molar-refractivity contribution in [2.45, 2.75) is 34.0 Å². The van der Waals surface area contributed by atoms with E-state index < -0.39 is 22.9 Å². The second-order valence-electron chi connectivity index (χ2n) is 11.1. The van der Waals surface area contributed by atoms with Crippen molar-refractivity contribution in [2.24, 2.45) is 0 Å². The molecule has 0 saturated heterocycles. The van der Waals surface area contributed by atoms with E-state index >= 15 is 0 Å². The number of furan rings is 2. The molecule has 2 aliphatic carbocycles. The monoisotopic (exact) mass is 698 g/mol. The molecule has 2 atom stereocenters. The van der Waals surface area contributed by atoms with E-state index in [1.807, 2.05) is 0 Å². The van der Waals surface area contributed by atoms with Crippen LogP contribution < -0.4 is 0 Å². The fraction of sp³-hybridized carbons (Fsp3) is 0.158. The number of benzene rings is 4. The van der Waals surface area contributed by atoms with Crippen LogP contribution in [0.15, 0.2) is 106 Å². The van der Waals surface area contributed by atoms with E-state index in [-0.39, 0.29) is 0 Å². The zero-order chi connectivity index (χ0) is 27.5. The molecule has 3 heteroatoms. The van der Waals surface area contributed by atoms with Gasteiger partial charge in [-0.1, -0.05) is 0 Å². The van der Waals surface area contributed by atoms with Crippen LogP contribution in [0.25, 0.3) is 44.8 Å². The second kappa shape index (κ2) is 9.99. The molecule has 4 aromatic carbocycles. The molecule has 41 heavy (non-hydrogen) atoms. The Kier molecular flexibility index (Phi) is 6.11. The van der Waals surface area contributed by atoms with Crippen molar-refractivity contribution in [1.29, 1.82) is 0 Å². The summed E-state index contributed by atoms with van der Waals surface area (Å²) in [6.45, 7) is 4.32. The van der Waals surface area contributed by atoms with Crippen LogP contribution in [0, 0.1) is 0 Å². The van der Waals surface area contributed by atoms with Crippen LogP contribution in [0.3, 0.4) is 0 Å². The van der Waals surface area contributed by atoms with Gasteiger partial charge < -0.3 is 0 Å². The van der Waals surface area contributed by atoms with Crippen molar-refractivity contribution >= 4 is 44.8 Å². The Morgan fingerprint density at radius 1 is 0.537 bits per heavy atom. The minimum absolute atomic E-state index is 0.400. The quantitative estimate of drug-likeness (QED) is 0.162. The summed E-state index contributed by atoms with van der Waals surface area (Å²) in [5.74, 6) is 4.17. The van der Waals surface area contributed by atoms with Crippen LogP contribution in [0.1, 0.15) is 66.5 Å². The Balaban J connectivity index is 1.30. The average Bonchev–Trinajstić information content (AvgIpc) is 3.82. The van der Waals surface area contributed by atoms with E-state index in [0.29, 0.717) is 7.35 Å². The zero-order valence-electron chi connectivity index (χ0n) is 23.3. The summed E-state index contributed by atoms with van der Waals surface area (Å²) >= 11 is -1.52. The van der Waals surface area contributed by atoms with Gasteiger partial charge in [0.05, 0.1) is 0 Å². The number of hydrogen-bond acceptors (Lipinski definition) is 2. The Morgan fingerprint density at radius 2 is 1.00 bits per heavy atom. The molecule has 0 bridgehead atoms. The summed E-state index contributed by atoms with van der Waals surface area (Å²) in [5, 5.41) is 5.27. The number of fused-ring (bicyclic) bond motifs is 6. The van der Waals surface area contributed by atoms with Crippen molar-refractivity contribution in [3.63, 3.8) is 0 Å². The third-order valence-electron chi connectivity index (χ3n) is 8.78. The third kappa shape index (κ3) is 4.08. The molecule has 0 spiro atoms. The van der Waals surface area contributed by atoms with Crippen molar-refractivity contribution in [2.75, 3.05) is 0 Å². The molecule has 2 aromatic heterocycles. The van der Waals surface area contributed by atoms with E-state index in [4.69, 9.17) is 8.83 Å². The molecule has 2 aliphatic rings. The fourth-order valence-electron chi connectivity index (χ4n) is 6.66. The normalized spacial score (nSPS) is 17.5. The van der Waals surface area contributed by atoms with Gasteiger partial charge in [0.2, 0.25) is 0 Å². The summed E-state index contributed by atoms with van der Waals surface area (Å²) < 4.78 is 13.7. The molecule has 2 nitrogen and oxygen atoms in total. The van der Waals surface area contributed by atoms with E-state index in [9.17, 15) is 0 Å². The summed E-state index contributed by atoms with van der Waals surface area (Å²) in [6, 6.07) is 35.7. The first-order valence-corrected chi connectivity index (χ1v) is 18.8. The maximum absolute atomic E-state index is 6.44. The molecule has 2 unspecified atom stereocenters. The van der Waals surface area contributed by atoms with Gasteiger partial charge in [-0.2, -0.15) is 0 Å². The van der Waals surface area contributed by atoms with Gasteiger partial charge in [0.1, 0.15) is 0 Å². The van der Waals surface area contributed by atoms with Crippen molar-refractivity contribution in [3.8, 4) is 0 Å². The first-order chi connectivity index (χ1) is 20.2. The van der Waals surface area contributed by atoms with Gasteiger partial charge in [0.25, 0.3) is 0 Å². The first-order valence-electron chi connectivity index (χ1n) is 14.6. The van der Waals surface area contributed by atoms with Gasteiger partial charge in [-0.05, 0) is 0 Å². The van der Waals surface area contributed by atoms with E-state index in [2.05, 4.69) is 123 Å². The Bertz CT molecular complexity index is 1870. The number of hydrogen-bond donors (Lipinski definition) is 0. The average molecular weight is 697 g/mol. The van der Waals surface area contributed by atoms with Crippen LogP contribution in [-0.2, 0) is 35.7 Å². The van der Waals surface area contributed by atoms with Crippen molar-refractivity contribution < 1.29 is 31.7 Å².